The molecule has 1 aromatic heterocycles. The molecule has 0 spiro atoms. The Morgan fingerprint density at radius 3 is 2.58 bits per heavy atom. The fraction of sp³-hybridized carbons (Fsp3) is 0.0833. The van der Waals surface area contributed by atoms with Gasteiger partial charge in [0.15, 0.2) is 0 Å². The number of aromatic nitrogens is 1. The number of ether oxygens (including phenoxy) is 1. The maximum absolute atomic E-state index is 12.3. The molecule has 0 unspecified atom stereocenters. The van der Waals surface area contributed by atoms with Crippen molar-refractivity contribution in [3.63, 3.8) is 0 Å². The van der Waals surface area contributed by atoms with Crippen LogP contribution in [0.4, 0.5) is 12.9 Å². The number of halogens is 3. The van der Waals surface area contributed by atoms with Crippen LogP contribution < -0.4 is 56.1 Å². The SMILES string of the molecule is C=C(COc1cccc2cccnc12)[B-](F)(F)F.[K+]. The van der Waals surface area contributed by atoms with Gasteiger partial charge in [0.1, 0.15) is 11.3 Å². The molecule has 0 aliphatic heterocycles. The first-order valence-electron chi connectivity index (χ1n) is 5.32. The predicted octanol–water partition coefficient (Wildman–Crippen LogP) is 0.560. The maximum Gasteiger partial charge on any atom is 1.00 e. The molecule has 2 rings (SSSR count). The van der Waals surface area contributed by atoms with E-state index >= 15 is 0 Å². The minimum atomic E-state index is -5.06. The minimum Gasteiger partial charge on any atom is -0.490 e. The zero-order valence-electron chi connectivity index (χ0n) is 10.4. The van der Waals surface area contributed by atoms with Crippen LogP contribution in [-0.4, -0.2) is 18.6 Å². The molecule has 1 heterocycles. The normalized spacial score (nSPS) is 10.9. The number of hydrogen-bond donors (Lipinski definition) is 0. The van der Waals surface area contributed by atoms with Crippen molar-refractivity contribution in [2.45, 2.75) is 0 Å². The zero-order chi connectivity index (χ0) is 13.2. The number of hydrogen-bond acceptors (Lipinski definition) is 2. The minimum absolute atomic E-state index is 0. The Morgan fingerprint density at radius 2 is 1.89 bits per heavy atom. The summed E-state index contributed by atoms with van der Waals surface area (Å²) in [5, 5.41) is 0.818. The van der Waals surface area contributed by atoms with Gasteiger partial charge in [-0.2, -0.15) is 0 Å². The third-order valence-electron chi connectivity index (χ3n) is 2.47. The van der Waals surface area contributed by atoms with E-state index in [2.05, 4.69) is 11.6 Å². The van der Waals surface area contributed by atoms with Crippen LogP contribution in [0.3, 0.4) is 0 Å². The summed E-state index contributed by atoms with van der Waals surface area (Å²) >= 11 is 0. The fourth-order valence-corrected chi connectivity index (χ4v) is 1.46. The van der Waals surface area contributed by atoms with Crippen LogP contribution in [0.15, 0.2) is 48.6 Å². The molecule has 0 saturated heterocycles. The van der Waals surface area contributed by atoms with Gasteiger partial charge in [0.05, 0.1) is 6.61 Å². The monoisotopic (exact) mass is 291 g/mol. The molecule has 7 heteroatoms. The average Bonchev–Trinajstić information content (AvgIpc) is 2.34. The van der Waals surface area contributed by atoms with E-state index < -0.39 is 19.1 Å². The molecule has 2 aromatic rings. The molecular formula is C12H10BF3KNO. The van der Waals surface area contributed by atoms with Crippen molar-refractivity contribution in [1.29, 1.82) is 0 Å². The Labute approximate surface area is 151 Å². The second kappa shape index (κ2) is 6.90. The van der Waals surface area contributed by atoms with Crippen LogP contribution in [0.2, 0.25) is 0 Å². The Balaban J connectivity index is 0.00000180. The zero-order valence-corrected chi connectivity index (χ0v) is 13.6. The molecule has 19 heavy (non-hydrogen) atoms. The Bertz CT molecular complexity index is 583. The Hall–Kier alpha value is -0.339. The fourth-order valence-electron chi connectivity index (χ4n) is 1.46. The molecule has 0 radical (unpaired) electrons. The summed E-state index contributed by atoms with van der Waals surface area (Å²) in [7, 11) is 0. The van der Waals surface area contributed by atoms with Crippen molar-refractivity contribution in [3.05, 3.63) is 48.6 Å². The summed E-state index contributed by atoms with van der Waals surface area (Å²) in [6.45, 7) is -2.65. The van der Waals surface area contributed by atoms with Crippen LogP contribution in [0, 0.1) is 0 Å². The van der Waals surface area contributed by atoms with Crippen LogP contribution in [0.5, 0.6) is 5.75 Å². The van der Waals surface area contributed by atoms with Gasteiger partial charge in [0, 0.05) is 11.6 Å². The molecule has 1 aromatic carbocycles. The second-order valence-electron chi connectivity index (χ2n) is 3.85. The van der Waals surface area contributed by atoms with Crippen molar-refractivity contribution >= 4 is 17.9 Å². The summed E-state index contributed by atoms with van der Waals surface area (Å²) in [6.07, 6.45) is 1.57. The quantitative estimate of drug-likeness (QED) is 0.768. The van der Waals surface area contributed by atoms with E-state index in [1.807, 2.05) is 12.1 Å². The van der Waals surface area contributed by atoms with Crippen LogP contribution in [0.1, 0.15) is 0 Å². The summed E-state index contributed by atoms with van der Waals surface area (Å²) < 4.78 is 42.1. The van der Waals surface area contributed by atoms with Gasteiger partial charge in [0.25, 0.3) is 0 Å². The van der Waals surface area contributed by atoms with Gasteiger partial charge in [-0.1, -0.05) is 18.2 Å². The Kier molecular flexibility index (Phi) is 6.07. The molecule has 0 fully saturated rings. The second-order valence-corrected chi connectivity index (χ2v) is 3.85. The summed E-state index contributed by atoms with van der Waals surface area (Å²) in [6, 6.07) is 8.69. The van der Waals surface area contributed by atoms with E-state index in [9.17, 15) is 12.9 Å². The van der Waals surface area contributed by atoms with Crippen molar-refractivity contribution in [2.75, 3.05) is 6.61 Å². The first-order chi connectivity index (χ1) is 8.48. The number of nitrogens with zero attached hydrogens (tertiary/aromatic N) is 1. The molecule has 0 amide bonds. The van der Waals surface area contributed by atoms with Crippen LogP contribution in [0.25, 0.3) is 10.9 Å². The predicted molar refractivity (Wildman–Crippen MR) is 65.5 cm³/mol. The maximum atomic E-state index is 12.3. The third kappa shape index (κ3) is 4.32. The molecule has 2 nitrogen and oxygen atoms in total. The van der Waals surface area contributed by atoms with Crippen LogP contribution in [-0.2, 0) is 0 Å². The smallest absolute Gasteiger partial charge is 0.490 e. The van der Waals surface area contributed by atoms with Gasteiger partial charge < -0.3 is 17.7 Å². The topological polar surface area (TPSA) is 22.1 Å². The number of pyridine rings is 1. The molecule has 0 aliphatic carbocycles. The van der Waals surface area contributed by atoms with Crippen molar-refractivity contribution in [3.8, 4) is 5.75 Å². The molecule has 0 bridgehead atoms. The van der Waals surface area contributed by atoms with Crippen molar-refractivity contribution in [2.24, 2.45) is 0 Å². The number of para-hydroxylation sites is 1. The van der Waals surface area contributed by atoms with Crippen molar-refractivity contribution in [1.82, 2.24) is 4.98 Å². The van der Waals surface area contributed by atoms with E-state index in [0.29, 0.717) is 11.3 Å². The summed E-state index contributed by atoms with van der Waals surface area (Å²) in [4.78, 5) is 4.09. The first kappa shape index (κ1) is 16.7. The van der Waals surface area contributed by atoms with E-state index in [-0.39, 0.29) is 51.4 Å². The van der Waals surface area contributed by atoms with Gasteiger partial charge in [-0.15, -0.1) is 12.1 Å². The van der Waals surface area contributed by atoms with Gasteiger partial charge in [-0.3, -0.25) is 4.98 Å². The number of benzene rings is 1. The van der Waals surface area contributed by atoms with E-state index in [4.69, 9.17) is 4.74 Å². The third-order valence-corrected chi connectivity index (χ3v) is 2.47. The molecule has 0 atom stereocenters. The molecular weight excluding hydrogens is 281 g/mol. The molecule has 0 saturated carbocycles. The summed E-state index contributed by atoms with van der Waals surface area (Å²) in [5.74, 6) is 0.328. The van der Waals surface area contributed by atoms with Crippen LogP contribution >= 0.6 is 0 Å². The molecule has 94 valence electrons. The van der Waals surface area contributed by atoms with Gasteiger partial charge in [-0.05, 0) is 12.1 Å². The molecule has 0 aliphatic rings. The standard InChI is InChI=1S/C12H10BF3NO.K/c1-9(13(14,15)16)8-18-11-6-2-4-10-5-3-7-17-12(10)11;/h2-7H,1,8H2;/q-1;+1. The largest absolute Gasteiger partial charge is 1.00 e. The van der Waals surface area contributed by atoms with Gasteiger partial charge >= 0.3 is 58.4 Å². The van der Waals surface area contributed by atoms with E-state index in [1.165, 1.54) is 0 Å². The molecule has 0 N–H and O–H groups in total. The van der Waals surface area contributed by atoms with E-state index in [1.54, 1.807) is 24.4 Å². The van der Waals surface area contributed by atoms with Crippen molar-refractivity contribution < 1.29 is 69.1 Å². The Morgan fingerprint density at radius 1 is 1.21 bits per heavy atom. The summed E-state index contributed by atoms with van der Waals surface area (Å²) in [5.41, 5.74) is -0.314. The first-order valence-corrected chi connectivity index (χ1v) is 5.32. The number of rotatable bonds is 4. The van der Waals surface area contributed by atoms with Gasteiger partial charge in [0.2, 0.25) is 0 Å². The average molecular weight is 291 g/mol. The number of fused-ring (bicyclic) bond motifs is 1. The van der Waals surface area contributed by atoms with Gasteiger partial charge in [-0.25, -0.2) is 0 Å². The van der Waals surface area contributed by atoms with E-state index in [0.717, 1.165) is 5.39 Å².